The molecule has 0 amide bonds. The van der Waals surface area contributed by atoms with E-state index in [2.05, 4.69) is 11.7 Å². The summed E-state index contributed by atoms with van der Waals surface area (Å²) in [7, 11) is 0. The number of alkyl halides is 7. The van der Waals surface area contributed by atoms with Crippen LogP contribution in [0.3, 0.4) is 0 Å². The van der Waals surface area contributed by atoms with Crippen LogP contribution in [0.1, 0.15) is 135 Å². The Morgan fingerprint density at radius 3 is 1.09 bits per heavy atom. The molecule has 0 fully saturated rings. The standard InChI is InChI=1S/C26H45F7O2/c1-2-3-4-5-6-7-8-9-10-11-12-13-14-15-16-17-18-19-20-21-22-35-23(34)24(27,28)25(29,30)26(31,32)33/h2-22H2,1H3. The normalized spacial score (nSPS) is 12.8. The van der Waals surface area contributed by atoms with Crippen molar-refractivity contribution >= 4 is 5.97 Å². The number of esters is 1. The predicted octanol–water partition coefficient (Wildman–Crippen LogP) is 10.2. The van der Waals surface area contributed by atoms with Gasteiger partial charge in [0.05, 0.1) is 6.61 Å². The first-order chi connectivity index (χ1) is 16.5. The molecule has 0 aliphatic rings. The Morgan fingerprint density at radius 2 is 0.800 bits per heavy atom. The van der Waals surface area contributed by atoms with Gasteiger partial charge in [-0.1, -0.05) is 129 Å². The van der Waals surface area contributed by atoms with Gasteiger partial charge in [-0.05, 0) is 6.42 Å². The predicted molar refractivity (Wildman–Crippen MR) is 125 cm³/mol. The second kappa shape index (κ2) is 19.1. The van der Waals surface area contributed by atoms with Crippen molar-refractivity contribution in [1.82, 2.24) is 0 Å². The molecular weight excluding hydrogens is 477 g/mol. The lowest BCUT2D eigenvalue weighted by molar-refractivity contribution is -0.348. The van der Waals surface area contributed by atoms with Gasteiger partial charge in [0.1, 0.15) is 0 Å². The fourth-order valence-corrected chi connectivity index (χ4v) is 3.92. The first-order valence-corrected chi connectivity index (χ1v) is 13.5. The third-order valence-electron chi connectivity index (χ3n) is 6.24. The van der Waals surface area contributed by atoms with Gasteiger partial charge in [0, 0.05) is 0 Å². The zero-order chi connectivity index (χ0) is 26.6. The average molecular weight is 523 g/mol. The number of carbonyl (C=O) groups is 1. The van der Waals surface area contributed by atoms with Gasteiger partial charge in [-0.25, -0.2) is 4.79 Å². The van der Waals surface area contributed by atoms with Crippen molar-refractivity contribution < 1.29 is 40.3 Å². The second-order valence-corrected chi connectivity index (χ2v) is 9.50. The van der Waals surface area contributed by atoms with E-state index in [0.29, 0.717) is 6.42 Å². The van der Waals surface area contributed by atoms with Crippen LogP contribution in [0.2, 0.25) is 0 Å². The van der Waals surface area contributed by atoms with E-state index in [-0.39, 0.29) is 6.42 Å². The summed E-state index contributed by atoms with van der Waals surface area (Å²) in [6.45, 7) is 1.63. The van der Waals surface area contributed by atoms with Gasteiger partial charge in [-0.3, -0.25) is 0 Å². The van der Waals surface area contributed by atoms with E-state index < -0.39 is 30.6 Å². The van der Waals surface area contributed by atoms with Gasteiger partial charge < -0.3 is 4.74 Å². The minimum Gasteiger partial charge on any atom is -0.461 e. The molecule has 0 heterocycles. The first kappa shape index (κ1) is 34.0. The van der Waals surface area contributed by atoms with Crippen molar-refractivity contribution in [2.24, 2.45) is 0 Å². The number of halogens is 7. The van der Waals surface area contributed by atoms with E-state index in [4.69, 9.17) is 0 Å². The zero-order valence-electron chi connectivity index (χ0n) is 21.3. The molecule has 9 heteroatoms. The van der Waals surface area contributed by atoms with E-state index in [1.807, 2.05) is 0 Å². The molecule has 0 aliphatic heterocycles. The van der Waals surface area contributed by atoms with Crippen molar-refractivity contribution in [2.45, 2.75) is 153 Å². The van der Waals surface area contributed by atoms with Gasteiger partial charge in [-0.15, -0.1) is 0 Å². The van der Waals surface area contributed by atoms with Crippen LogP contribution in [0.5, 0.6) is 0 Å². The highest BCUT2D eigenvalue weighted by Gasteiger charge is 2.77. The number of ether oxygens (including phenoxy) is 1. The van der Waals surface area contributed by atoms with E-state index in [1.54, 1.807) is 0 Å². The second-order valence-electron chi connectivity index (χ2n) is 9.50. The molecule has 0 aliphatic carbocycles. The van der Waals surface area contributed by atoms with Gasteiger partial charge >= 0.3 is 24.0 Å². The summed E-state index contributed by atoms with van der Waals surface area (Å²) in [6, 6.07) is 0. The summed E-state index contributed by atoms with van der Waals surface area (Å²) in [5.41, 5.74) is 0. The van der Waals surface area contributed by atoms with Crippen LogP contribution in [-0.2, 0) is 9.53 Å². The monoisotopic (exact) mass is 522 g/mol. The highest BCUT2D eigenvalue weighted by atomic mass is 19.4. The first-order valence-electron chi connectivity index (χ1n) is 13.5. The molecule has 0 bridgehead atoms. The molecule has 35 heavy (non-hydrogen) atoms. The summed E-state index contributed by atoms with van der Waals surface area (Å²) in [4.78, 5) is 11.0. The lowest BCUT2D eigenvalue weighted by Crippen LogP contribution is -2.56. The third-order valence-corrected chi connectivity index (χ3v) is 6.24. The molecule has 0 aromatic rings. The molecule has 0 saturated carbocycles. The van der Waals surface area contributed by atoms with E-state index in [9.17, 15) is 35.5 Å². The van der Waals surface area contributed by atoms with Gasteiger partial charge in [0.2, 0.25) is 0 Å². The minimum atomic E-state index is -6.54. The maximum atomic E-state index is 13.1. The topological polar surface area (TPSA) is 26.3 Å². The van der Waals surface area contributed by atoms with Crippen LogP contribution in [-0.4, -0.2) is 30.6 Å². The Balaban J connectivity index is 3.47. The lowest BCUT2D eigenvalue weighted by Gasteiger charge is -2.26. The molecule has 0 atom stereocenters. The number of carbonyl (C=O) groups excluding carboxylic acids is 1. The Labute approximate surface area is 206 Å². The molecule has 0 saturated heterocycles. The van der Waals surface area contributed by atoms with Crippen molar-refractivity contribution in [3.8, 4) is 0 Å². The maximum absolute atomic E-state index is 13.1. The summed E-state index contributed by atoms with van der Waals surface area (Å²) >= 11 is 0. The fourth-order valence-electron chi connectivity index (χ4n) is 3.92. The average Bonchev–Trinajstić information content (AvgIpc) is 2.79. The number of hydrogen-bond donors (Lipinski definition) is 0. The smallest absolute Gasteiger partial charge is 0.460 e. The quantitative estimate of drug-likeness (QED) is 0.0758. The molecule has 0 N–H and O–H groups in total. The van der Waals surface area contributed by atoms with Gasteiger partial charge in [0.25, 0.3) is 0 Å². The Morgan fingerprint density at radius 1 is 0.514 bits per heavy atom. The van der Waals surface area contributed by atoms with Crippen LogP contribution in [0.4, 0.5) is 30.7 Å². The molecule has 0 aromatic carbocycles. The minimum absolute atomic E-state index is 0.137. The van der Waals surface area contributed by atoms with Crippen LogP contribution in [0, 0.1) is 0 Å². The van der Waals surface area contributed by atoms with Crippen molar-refractivity contribution in [2.75, 3.05) is 6.61 Å². The van der Waals surface area contributed by atoms with Crippen LogP contribution in [0.15, 0.2) is 0 Å². The van der Waals surface area contributed by atoms with E-state index in [0.717, 1.165) is 32.1 Å². The fraction of sp³-hybridized carbons (Fsp3) is 0.962. The molecule has 0 rings (SSSR count). The van der Waals surface area contributed by atoms with Gasteiger partial charge in [0.15, 0.2) is 0 Å². The Bertz CT molecular complexity index is 522. The van der Waals surface area contributed by atoms with Gasteiger partial charge in [-0.2, -0.15) is 30.7 Å². The summed E-state index contributed by atoms with van der Waals surface area (Å²) in [6.07, 6.45) is 16.3. The number of hydrogen-bond acceptors (Lipinski definition) is 2. The van der Waals surface area contributed by atoms with Crippen LogP contribution >= 0.6 is 0 Å². The Hall–Kier alpha value is -1.02. The largest absolute Gasteiger partial charge is 0.461 e. The van der Waals surface area contributed by atoms with Crippen LogP contribution in [0.25, 0.3) is 0 Å². The third kappa shape index (κ3) is 15.0. The SMILES string of the molecule is CCCCCCCCCCCCCCCCCCCCCCOC(=O)C(F)(F)C(F)(F)C(F)(F)F. The van der Waals surface area contributed by atoms with Crippen molar-refractivity contribution in [3.63, 3.8) is 0 Å². The lowest BCUT2D eigenvalue weighted by atomic mass is 10.0. The van der Waals surface area contributed by atoms with Crippen molar-refractivity contribution in [3.05, 3.63) is 0 Å². The molecule has 0 aromatic heterocycles. The summed E-state index contributed by atoms with van der Waals surface area (Å²) < 4.78 is 91.7. The maximum Gasteiger partial charge on any atom is 0.460 e. The molecule has 0 radical (unpaired) electrons. The summed E-state index contributed by atoms with van der Waals surface area (Å²) in [5.74, 6) is -15.3. The highest BCUT2D eigenvalue weighted by Crippen LogP contribution is 2.47. The van der Waals surface area contributed by atoms with Crippen LogP contribution < -0.4 is 0 Å². The van der Waals surface area contributed by atoms with E-state index in [1.165, 1.54) is 83.5 Å². The number of rotatable bonds is 23. The zero-order valence-corrected chi connectivity index (χ0v) is 21.3. The molecule has 0 spiro atoms. The van der Waals surface area contributed by atoms with Crippen molar-refractivity contribution in [1.29, 1.82) is 0 Å². The number of unbranched alkanes of at least 4 members (excludes halogenated alkanes) is 19. The highest BCUT2D eigenvalue weighted by molar-refractivity contribution is 5.79. The Kier molecular flexibility index (Phi) is 18.6. The molecule has 0 unspecified atom stereocenters. The molecule has 210 valence electrons. The molecular formula is C26H45F7O2. The summed E-state index contributed by atoms with van der Waals surface area (Å²) in [5, 5.41) is 0. The molecule has 2 nitrogen and oxygen atoms in total. The van der Waals surface area contributed by atoms with E-state index >= 15 is 0 Å².